The molecule has 0 aliphatic heterocycles. The maximum Gasteiger partial charge on any atom is 0.174 e. The van der Waals surface area contributed by atoms with E-state index in [0.717, 1.165) is 10.9 Å². The molecule has 0 amide bonds. The first kappa shape index (κ1) is 6.22. The summed E-state index contributed by atoms with van der Waals surface area (Å²) >= 11 is 0. The summed E-state index contributed by atoms with van der Waals surface area (Å²) in [7, 11) is 0. The smallest absolute Gasteiger partial charge is 0.174 e. The van der Waals surface area contributed by atoms with Crippen molar-refractivity contribution in [2.45, 2.75) is 0 Å². The van der Waals surface area contributed by atoms with Gasteiger partial charge in [0.1, 0.15) is 0 Å². The average Bonchev–Trinajstić information content (AvgIpc) is 2.33. The van der Waals surface area contributed by atoms with Crippen molar-refractivity contribution in [3.63, 3.8) is 0 Å². The van der Waals surface area contributed by atoms with Crippen LogP contribution in [0.5, 0.6) is 0 Å². The standard InChI is InChI=1S/C8H7N2O/c1-5-2-3-7-6(4-5)8(9)10-11-7/h2-4H,1H2,(H2,9,10). The van der Waals surface area contributed by atoms with E-state index in [4.69, 9.17) is 10.3 Å². The van der Waals surface area contributed by atoms with E-state index < -0.39 is 0 Å². The number of hydrogen-bond donors (Lipinski definition) is 1. The molecular weight excluding hydrogens is 140 g/mol. The maximum atomic E-state index is 5.51. The first-order chi connectivity index (χ1) is 5.27. The molecule has 1 radical (unpaired) electrons. The fourth-order valence-corrected chi connectivity index (χ4v) is 1.00. The lowest BCUT2D eigenvalue weighted by molar-refractivity contribution is 0.460. The Morgan fingerprint density at radius 3 is 3.09 bits per heavy atom. The van der Waals surface area contributed by atoms with E-state index in [0.29, 0.717) is 11.4 Å². The van der Waals surface area contributed by atoms with Crippen LogP contribution in [0.3, 0.4) is 0 Å². The third-order valence-corrected chi connectivity index (χ3v) is 1.56. The predicted octanol–water partition coefficient (Wildman–Crippen LogP) is 1.59. The highest BCUT2D eigenvalue weighted by molar-refractivity contribution is 5.87. The maximum absolute atomic E-state index is 5.51. The zero-order chi connectivity index (χ0) is 7.84. The average molecular weight is 147 g/mol. The molecule has 3 heteroatoms. The van der Waals surface area contributed by atoms with E-state index >= 15 is 0 Å². The Kier molecular flexibility index (Phi) is 1.12. The molecule has 0 fully saturated rings. The van der Waals surface area contributed by atoms with Gasteiger partial charge in [-0.05, 0) is 24.6 Å². The van der Waals surface area contributed by atoms with Crippen molar-refractivity contribution in [2.75, 3.05) is 5.73 Å². The molecule has 55 valence electrons. The van der Waals surface area contributed by atoms with Crippen LogP contribution in [0, 0.1) is 6.92 Å². The monoisotopic (exact) mass is 147 g/mol. The van der Waals surface area contributed by atoms with E-state index in [-0.39, 0.29) is 0 Å². The van der Waals surface area contributed by atoms with Gasteiger partial charge in [-0.1, -0.05) is 11.2 Å². The van der Waals surface area contributed by atoms with E-state index in [9.17, 15) is 0 Å². The molecule has 1 aromatic carbocycles. The molecule has 0 unspecified atom stereocenters. The van der Waals surface area contributed by atoms with Gasteiger partial charge in [0.05, 0.1) is 5.39 Å². The molecule has 0 aliphatic rings. The van der Waals surface area contributed by atoms with Crippen molar-refractivity contribution in [1.82, 2.24) is 5.16 Å². The lowest BCUT2D eigenvalue weighted by Crippen LogP contribution is -1.83. The van der Waals surface area contributed by atoms with Crippen molar-refractivity contribution >= 4 is 16.8 Å². The number of benzene rings is 1. The summed E-state index contributed by atoms with van der Waals surface area (Å²) < 4.78 is 4.90. The summed E-state index contributed by atoms with van der Waals surface area (Å²) in [5, 5.41) is 4.44. The van der Waals surface area contributed by atoms with Gasteiger partial charge in [-0.3, -0.25) is 0 Å². The Hall–Kier alpha value is -1.51. The lowest BCUT2D eigenvalue weighted by atomic mass is 10.2. The SMILES string of the molecule is [CH2]c1ccc2onc(N)c2c1. The molecular formula is C8H7N2O. The van der Waals surface area contributed by atoms with E-state index in [1.165, 1.54) is 0 Å². The normalized spacial score (nSPS) is 10.6. The second-order valence-corrected chi connectivity index (χ2v) is 2.40. The zero-order valence-corrected chi connectivity index (χ0v) is 5.87. The molecule has 0 saturated carbocycles. The third kappa shape index (κ3) is 0.852. The number of nitrogens with zero attached hydrogens (tertiary/aromatic N) is 1. The van der Waals surface area contributed by atoms with Crippen LogP contribution in [0.15, 0.2) is 22.7 Å². The number of aromatic nitrogens is 1. The van der Waals surface area contributed by atoms with Crippen molar-refractivity contribution in [1.29, 1.82) is 0 Å². The van der Waals surface area contributed by atoms with Gasteiger partial charge in [0.25, 0.3) is 0 Å². The number of anilines is 1. The van der Waals surface area contributed by atoms with Crippen LogP contribution >= 0.6 is 0 Å². The van der Waals surface area contributed by atoms with E-state index in [1.807, 2.05) is 12.1 Å². The van der Waals surface area contributed by atoms with Gasteiger partial charge in [-0.2, -0.15) is 0 Å². The summed E-state index contributed by atoms with van der Waals surface area (Å²) in [5.74, 6) is 0.422. The van der Waals surface area contributed by atoms with E-state index in [1.54, 1.807) is 6.07 Å². The van der Waals surface area contributed by atoms with Crippen molar-refractivity contribution in [2.24, 2.45) is 0 Å². The minimum atomic E-state index is 0.422. The van der Waals surface area contributed by atoms with Crippen LogP contribution in [0.4, 0.5) is 5.82 Å². The topological polar surface area (TPSA) is 52.0 Å². The van der Waals surface area contributed by atoms with Gasteiger partial charge in [-0.25, -0.2) is 0 Å². The summed E-state index contributed by atoms with van der Waals surface area (Å²) in [5.41, 5.74) is 7.13. The molecule has 11 heavy (non-hydrogen) atoms. The predicted molar refractivity (Wildman–Crippen MR) is 42.9 cm³/mol. The Bertz CT molecular complexity index is 392. The Morgan fingerprint density at radius 2 is 2.27 bits per heavy atom. The van der Waals surface area contributed by atoms with Gasteiger partial charge in [0, 0.05) is 0 Å². The summed E-state index contributed by atoms with van der Waals surface area (Å²) in [4.78, 5) is 0. The zero-order valence-electron chi connectivity index (χ0n) is 5.87. The van der Waals surface area contributed by atoms with Gasteiger partial charge < -0.3 is 10.3 Å². The summed E-state index contributed by atoms with van der Waals surface area (Å²) in [6.45, 7) is 3.77. The first-order valence-corrected chi connectivity index (χ1v) is 3.24. The lowest BCUT2D eigenvalue weighted by Gasteiger charge is -1.89. The fraction of sp³-hybridized carbons (Fsp3) is 0. The number of rotatable bonds is 0. The first-order valence-electron chi connectivity index (χ1n) is 3.24. The molecule has 0 spiro atoms. The van der Waals surface area contributed by atoms with Gasteiger partial charge in [0.15, 0.2) is 11.4 Å². The van der Waals surface area contributed by atoms with Crippen LogP contribution in [-0.4, -0.2) is 5.16 Å². The minimum Gasteiger partial charge on any atom is -0.380 e. The second kappa shape index (κ2) is 1.99. The van der Waals surface area contributed by atoms with E-state index in [2.05, 4.69) is 12.1 Å². The number of nitrogen functional groups attached to an aromatic ring is 1. The highest BCUT2D eigenvalue weighted by Crippen LogP contribution is 2.20. The summed E-state index contributed by atoms with van der Waals surface area (Å²) in [6.07, 6.45) is 0. The van der Waals surface area contributed by atoms with Gasteiger partial charge in [0.2, 0.25) is 0 Å². The summed E-state index contributed by atoms with van der Waals surface area (Å²) in [6, 6.07) is 5.51. The van der Waals surface area contributed by atoms with Crippen molar-refractivity contribution < 1.29 is 4.52 Å². The fourth-order valence-electron chi connectivity index (χ4n) is 1.00. The van der Waals surface area contributed by atoms with Crippen LogP contribution < -0.4 is 5.73 Å². The highest BCUT2D eigenvalue weighted by Gasteiger charge is 2.02. The van der Waals surface area contributed by atoms with Gasteiger partial charge >= 0.3 is 0 Å². The molecule has 2 rings (SSSR count). The van der Waals surface area contributed by atoms with Crippen LogP contribution in [0.2, 0.25) is 0 Å². The van der Waals surface area contributed by atoms with Crippen molar-refractivity contribution in [3.8, 4) is 0 Å². The molecule has 2 N–H and O–H groups in total. The molecule has 1 aromatic heterocycles. The molecule has 1 heterocycles. The Labute approximate surface area is 63.8 Å². The molecule has 0 saturated heterocycles. The van der Waals surface area contributed by atoms with Gasteiger partial charge in [-0.15, -0.1) is 0 Å². The Balaban J connectivity index is 2.87. The van der Waals surface area contributed by atoms with Crippen LogP contribution in [0.25, 0.3) is 11.0 Å². The second-order valence-electron chi connectivity index (χ2n) is 2.40. The van der Waals surface area contributed by atoms with Crippen molar-refractivity contribution in [3.05, 3.63) is 30.7 Å². The minimum absolute atomic E-state index is 0.422. The number of fused-ring (bicyclic) bond motifs is 1. The molecule has 2 aromatic rings. The molecule has 0 atom stereocenters. The quantitative estimate of drug-likeness (QED) is 0.615. The third-order valence-electron chi connectivity index (χ3n) is 1.56. The Morgan fingerprint density at radius 1 is 1.45 bits per heavy atom. The highest BCUT2D eigenvalue weighted by atomic mass is 16.5. The molecule has 0 bridgehead atoms. The van der Waals surface area contributed by atoms with Crippen LogP contribution in [-0.2, 0) is 0 Å². The molecule has 0 aliphatic carbocycles. The van der Waals surface area contributed by atoms with Crippen LogP contribution in [0.1, 0.15) is 5.56 Å². The number of nitrogens with two attached hydrogens (primary N) is 1. The largest absolute Gasteiger partial charge is 0.380 e. The number of hydrogen-bond acceptors (Lipinski definition) is 3. The molecule has 3 nitrogen and oxygen atoms in total.